The summed E-state index contributed by atoms with van der Waals surface area (Å²) in [6.07, 6.45) is 1.38. The molecule has 6 heteroatoms. The molecule has 2 aliphatic rings. The van der Waals surface area contributed by atoms with Crippen molar-refractivity contribution >= 4 is 5.69 Å². The van der Waals surface area contributed by atoms with Crippen molar-refractivity contribution in [2.45, 2.75) is 31.5 Å². The normalized spacial score (nSPS) is 24.8. The summed E-state index contributed by atoms with van der Waals surface area (Å²) in [6, 6.07) is 4.18. The molecule has 1 atom stereocenters. The van der Waals surface area contributed by atoms with Crippen LogP contribution < -0.4 is 4.90 Å². The Morgan fingerprint density at radius 3 is 2.75 bits per heavy atom. The van der Waals surface area contributed by atoms with Crippen LogP contribution in [0.5, 0.6) is 0 Å². The first-order valence-corrected chi connectivity index (χ1v) is 8.75. The van der Waals surface area contributed by atoms with E-state index >= 15 is 0 Å². The number of hydrogen-bond acceptors (Lipinski definition) is 6. The molecule has 2 saturated heterocycles. The number of β-amino-alcohol motifs (C(OH)–C–C–N with tert-alkyl or cyclic N) is 1. The molecule has 0 aromatic carbocycles. The van der Waals surface area contributed by atoms with E-state index in [9.17, 15) is 5.11 Å². The number of anilines is 1. The maximum absolute atomic E-state index is 10.8. The van der Waals surface area contributed by atoms with Crippen LogP contribution in [0.3, 0.4) is 0 Å². The fourth-order valence-corrected chi connectivity index (χ4v) is 3.45. The molecule has 1 aromatic rings. The highest BCUT2D eigenvalue weighted by molar-refractivity contribution is 5.47. The van der Waals surface area contributed by atoms with Gasteiger partial charge in [0.2, 0.25) is 0 Å². The SMILES string of the molecule is Cc1cc(N(C)C)cc(C2CN(CC3(O)CCOCC3)CCO2)n1. The Labute approximate surface area is 144 Å². The van der Waals surface area contributed by atoms with Gasteiger partial charge in [-0.05, 0) is 19.1 Å². The Hall–Kier alpha value is -1.21. The quantitative estimate of drug-likeness (QED) is 0.897. The van der Waals surface area contributed by atoms with Gasteiger partial charge in [-0.2, -0.15) is 0 Å². The fraction of sp³-hybridized carbons (Fsp3) is 0.722. The monoisotopic (exact) mass is 335 g/mol. The Morgan fingerprint density at radius 2 is 2.04 bits per heavy atom. The topological polar surface area (TPSA) is 58.1 Å². The Kier molecular flexibility index (Phi) is 5.39. The van der Waals surface area contributed by atoms with Gasteiger partial charge in [-0.1, -0.05) is 0 Å². The number of aryl methyl sites for hydroxylation is 1. The molecule has 1 aromatic heterocycles. The lowest BCUT2D eigenvalue weighted by Crippen LogP contribution is -2.50. The molecule has 0 saturated carbocycles. The third kappa shape index (κ3) is 4.25. The van der Waals surface area contributed by atoms with Crippen LogP contribution in [0.2, 0.25) is 0 Å². The van der Waals surface area contributed by atoms with Crippen LogP contribution in [0.25, 0.3) is 0 Å². The number of aliphatic hydroxyl groups is 1. The molecule has 6 nitrogen and oxygen atoms in total. The van der Waals surface area contributed by atoms with E-state index in [2.05, 4.69) is 26.9 Å². The Balaban J connectivity index is 1.69. The molecule has 24 heavy (non-hydrogen) atoms. The summed E-state index contributed by atoms with van der Waals surface area (Å²) in [5.41, 5.74) is 2.48. The van der Waals surface area contributed by atoms with Crippen molar-refractivity contribution in [3.8, 4) is 0 Å². The van der Waals surface area contributed by atoms with Crippen molar-refractivity contribution in [2.75, 3.05) is 58.5 Å². The first kappa shape index (κ1) is 17.6. The van der Waals surface area contributed by atoms with Crippen molar-refractivity contribution in [3.63, 3.8) is 0 Å². The van der Waals surface area contributed by atoms with Gasteiger partial charge in [-0.15, -0.1) is 0 Å². The lowest BCUT2D eigenvalue weighted by atomic mass is 9.93. The number of ether oxygens (including phenoxy) is 2. The van der Waals surface area contributed by atoms with Gasteiger partial charge in [0.05, 0.1) is 17.9 Å². The summed E-state index contributed by atoms with van der Waals surface area (Å²) in [5.74, 6) is 0. The second kappa shape index (κ2) is 7.35. The molecule has 0 spiro atoms. The van der Waals surface area contributed by atoms with Gasteiger partial charge in [0.1, 0.15) is 6.10 Å². The lowest BCUT2D eigenvalue weighted by Gasteiger charge is -2.40. The first-order valence-electron chi connectivity index (χ1n) is 8.75. The van der Waals surface area contributed by atoms with Gasteiger partial charge in [0.15, 0.2) is 0 Å². The molecule has 0 aliphatic carbocycles. The molecule has 3 rings (SSSR count). The number of pyridine rings is 1. The zero-order chi connectivity index (χ0) is 17.2. The van der Waals surface area contributed by atoms with Crippen LogP contribution in [-0.2, 0) is 9.47 Å². The second-order valence-corrected chi connectivity index (χ2v) is 7.22. The standard InChI is InChI=1S/C18H29N3O3/c1-14-10-15(20(2)3)11-16(19-14)17-12-21(6-9-24-17)13-18(22)4-7-23-8-5-18/h10-11,17,22H,4-9,12-13H2,1-3H3. The number of hydrogen-bond donors (Lipinski definition) is 1. The Morgan fingerprint density at radius 1 is 1.29 bits per heavy atom. The summed E-state index contributed by atoms with van der Waals surface area (Å²) in [5, 5.41) is 10.8. The van der Waals surface area contributed by atoms with E-state index in [1.54, 1.807) is 0 Å². The van der Waals surface area contributed by atoms with E-state index in [1.807, 2.05) is 21.0 Å². The third-order valence-electron chi connectivity index (χ3n) is 4.90. The highest BCUT2D eigenvalue weighted by Gasteiger charge is 2.34. The van der Waals surface area contributed by atoms with E-state index in [4.69, 9.17) is 9.47 Å². The van der Waals surface area contributed by atoms with Gasteiger partial charge >= 0.3 is 0 Å². The molecule has 0 radical (unpaired) electrons. The summed E-state index contributed by atoms with van der Waals surface area (Å²) < 4.78 is 11.4. The minimum atomic E-state index is -0.630. The zero-order valence-corrected chi connectivity index (χ0v) is 15.0. The van der Waals surface area contributed by atoms with E-state index in [0.717, 1.165) is 30.2 Å². The molecule has 3 heterocycles. The Bertz CT molecular complexity index is 558. The number of aromatic nitrogens is 1. The van der Waals surface area contributed by atoms with E-state index in [-0.39, 0.29) is 6.10 Å². The van der Waals surface area contributed by atoms with Crippen molar-refractivity contribution in [2.24, 2.45) is 0 Å². The first-order chi connectivity index (χ1) is 11.5. The molecule has 2 fully saturated rings. The van der Waals surface area contributed by atoms with Crippen LogP contribution in [0.1, 0.15) is 30.3 Å². The van der Waals surface area contributed by atoms with Crippen LogP contribution in [0, 0.1) is 6.92 Å². The summed E-state index contributed by atoms with van der Waals surface area (Å²) in [7, 11) is 4.07. The van der Waals surface area contributed by atoms with Crippen LogP contribution in [0.15, 0.2) is 12.1 Å². The van der Waals surface area contributed by atoms with E-state index < -0.39 is 5.60 Å². The van der Waals surface area contributed by atoms with Crippen molar-refractivity contribution in [3.05, 3.63) is 23.5 Å². The highest BCUT2D eigenvalue weighted by atomic mass is 16.5. The van der Waals surface area contributed by atoms with Crippen molar-refractivity contribution in [1.82, 2.24) is 9.88 Å². The maximum Gasteiger partial charge on any atom is 0.112 e. The molecule has 1 unspecified atom stereocenters. The highest BCUT2D eigenvalue weighted by Crippen LogP contribution is 2.27. The summed E-state index contributed by atoms with van der Waals surface area (Å²) in [4.78, 5) is 9.07. The number of rotatable bonds is 4. The largest absolute Gasteiger partial charge is 0.388 e. The molecule has 134 valence electrons. The second-order valence-electron chi connectivity index (χ2n) is 7.22. The van der Waals surface area contributed by atoms with E-state index in [1.165, 1.54) is 0 Å². The van der Waals surface area contributed by atoms with Gasteiger partial charge < -0.3 is 19.5 Å². The summed E-state index contributed by atoms with van der Waals surface area (Å²) >= 11 is 0. The minimum absolute atomic E-state index is 0.0409. The predicted molar refractivity (Wildman–Crippen MR) is 93.4 cm³/mol. The van der Waals surface area contributed by atoms with E-state index in [0.29, 0.717) is 39.2 Å². The minimum Gasteiger partial charge on any atom is -0.388 e. The molecular formula is C18H29N3O3. The van der Waals surface area contributed by atoms with Crippen molar-refractivity contribution in [1.29, 1.82) is 0 Å². The average molecular weight is 335 g/mol. The van der Waals surface area contributed by atoms with Crippen LogP contribution >= 0.6 is 0 Å². The molecule has 0 amide bonds. The van der Waals surface area contributed by atoms with Gasteiger partial charge in [-0.3, -0.25) is 9.88 Å². The third-order valence-corrected chi connectivity index (χ3v) is 4.90. The van der Waals surface area contributed by atoms with Crippen LogP contribution in [0.4, 0.5) is 5.69 Å². The van der Waals surface area contributed by atoms with Gasteiger partial charge in [-0.25, -0.2) is 0 Å². The number of nitrogens with zero attached hydrogens (tertiary/aromatic N) is 3. The van der Waals surface area contributed by atoms with Crippen LogP contribution in [-0.4, -0.2) is 74.1 Å². The number of morpholine rings is 1. The van der Waals surface area contributed by atoms with Crippen molar-refractivity contribution < 1.29 is 14.6 Å². The molecule has 1 N–H and O–H groups in total. The average Bonchev–Trinajstić information content (AvgIpc) is 2.54. The zero-order valence-electron chi connectivity index (χ0n) is 15.0. The smallest absolute Gasteiger partial charge is 0.112 e. The van der Waals surface area contributed by atoms with Gasteiger partial charge in [0, 0.05) is 71.2 Å². The predicted octanol–water partition coefficient (Wildman–Crippen LogP) is 1.37. The fourth-order valence-electron chi connectivity index (χ4n) is 3.45. The maximum atomic E-state index is 10.8. The molecule has 2 aliphatic heterocycles. The summed E-state index contributed by atoms with van der Waals surface area (Å²) in [6.45, 7) is 6.29. The molecular weight excluding hydrogens is 306 g/mol. The molecule has 0 bridgehead atoms. The lowest BCUT2D eigenvalue weighted by molar-refractivity contribution is -0.103. The van der Waals surface area contributed by atoms with Gasteiger partial charge in [0.25, 0.3) is 0 Å².